The van der Waals surface area contributed by atoms with Crippen molar-refractivity contribution in [2.45, 2.75) is 13.8 Å². The zero-order valence-electron chi connectivity index (χ0n) is 15.0. The van der Waals surface area contributed by atoms with Crippen molar-refractivity contribution in [2.24, 2.45) is 5.10 Å². The molecule has 1 amide bonds. The van der Waals surface area contributed by atoms with Crippen LogP contribution in [0, 0.1) is 13.8 Å². The summed E-state index contributed by atoms with van der Waals surface area (Å²) in [7, 11) is 0. The van der Waals surface area contributed by atoms with E-state index in [-0.39, 0.29) is 12.5 Å². The molecule has 6 nitrogen and oxygen atoms in total. The highest BCUT2D eigenvalue weighted by Crippen LogP contribution is 2.18. The van der Waals surface area contributed by atoms with Crippen LogP contribution in [0.5, 0.6) is 5.75 Å². The molecule has 138 valence electrons. The smallest absolute Gasteiger partial charge is 0.277 e. The number of ether oxygens (including phenoxy) is 1. The van der Waals surface area contributed by atoms with E-state index in [1.165, 1.54) is 0 Å². The van der Waals surface area contributed by atoms with Crippen molar-refractivity contribution in [3.63, 3.8) is 0 Å². The van der Waals surface area contributed by atoms with Gasteiger partial charge in [-0.25, -0.2) is 10.4 Å². The van der Waals surface area contributed by atoms with E-state index in [0.29, 0.717) is 10.8 Å². The molecule has 0 aliphatic heterocycles. The van der Waals surface area contributed by atoms with E-state index in [9.17, 15) is 4.79 Å². The van der Waals surface area contributed by atoms with Crippen molar-refractivity contribution in [1.29, 1.82) is 0 Å². The number of rotatable bonds is 6. The third-order valence-electron chi connectivity index (χ3n) is 3.93. The van der Waals surface area contributed by atoms with Gasteiger partial charge in [0.1, 0.15) is 11.6 Å². The molecule has 3 aromatic rings. The Bertz CT molecular complexity index is 950. The van der Waals surface area contributed by atoms with E-state index in [0.717, 1.165) is 22.8 Å². The molecule has 7 heteroatoms. The van der Waals surface area contributed by atoms with E-state index in [4.69, 9.17) is 16.3 Å². The van der Waals surface area contributed by atoms with Gasteiger partial charge >= 0.3 is 0 Å². The summed E-state index contributed by atoms with van der Waals surface area (Å²) in [6.45, 7) is 3.85. The fourth-order valence-corrected chi connectivity index (χ4v) is 2.77. The second-order valence-corrected chi connectivity index (χ2v) is 6.32. The van der Waals surface area contributed by atoms with Crippen LogP contribution < -0.4 is 10.2 Å². The molecule has 0 aliphatic carbocycles. The van der Waals surface area contributed by atoms with Gasteiger partial charge in [-0.1, -0.05) is 17.7 Å². The molecule has 0 aliphatic rings. The summed E-state index contributed by atoms with van der Waals surface area (Å²) < 4.78 is 7.41. The van der Waals surface area contributed by atoms with Gasteiger partial charge in [-0.15, -0.1) is 0 Å². The number of aryl methyl sites for hydroxylation is 1. The first-order chi connectivity index (χ1) is 13.0. The topological polar surface area (TPSA) is 68.5 Å². The van der Waals surface area contributed by atoms with Crippen LogP contribution >= 0.6 is 11.6 Å². The maximum Gasteiger partial charge on any atom is 0.277 e. The van der Waals surface area contributed by atoms with E-state index >= 15 is 0 Å². The van der Waals surface area contributed by atoms with Crippen LogP contribution in [-0.2, 0) is 4.79 Å². The van der Waals surface area contributed by atoms with Crippen LogP contribution in [0.2, 0.25) is 5.02 Å². The van der Waals surface area contributed by atoms with E-state index < -0.39 is 0 Å². The van der Waals surface area contributed by atoms with Gasteiger partial charge in [0.15, 0.2) is 6.61 Å². The van der Waals surface area contributed by atoms with Gasteiger partial charge in [-0.2, -0.15) is 5.10 Å². The van der Waals surface area contributed by atoms with Gasteiger partial charge in [0.05, 0.1) is 6.21 Å². The number of carbonyl (C=O) groups excluding carboxylic acids is 1. The minimum Gasteiger partial charge on any atom is -0.484 e. The molecule has 0 bridgehead atoms. The second-order valence-electron chi connectivity index (χ2n) is 5.89. The highest BCUT2D eigenvalue weighted by atomic mass is 35.5. The standard InChI is InChI=1S/C20H19ClN4O2/c1-14-11-16(15(2)25(14)19-5-3-4-10-22-19)12-23-24-20(26)13-27-18-8-6-17(21)7-9-18/h3-12H,13H2,1-2H3,(H,24,26)/b23-12-. The van der Waals surface area contributed by atoms with Crippen LogP contribution in [-0.4, -0.2) is 28.3 Å². The number of halogens is 1. The Hall–Kier alpha value is -3.12. The molecule has 3 rings (SSSR count). The van der Waals surface area contributed by atoms with Crippen LogP contribution in [0.1, 0.15) is 17.0 Å². The highest BCUT2D eigenvalue weighted by molar-refractivity contribution is 6.30. The van der Waals surface area contributed by atoms with Crippen molar-refractivity contribution < 1.29 is 9.53 Å². The van der Waals surface area contributed by atoms with Gasteiger partial charge in [0, 0.05) is 28.2 Å². The molecule has 27 heavy (non-hydrogen) atoms. The number of nitrogens with one attached hydrogen (secondary N) is 1. The number of nitrogens with zero attached hydrogens (tertiary/aromatic N) is 3. The largest absolute Gasteiger partial charge is 0.484 e. The first-order valence-corrected chi connectivity index (χ1v) is 8.73. The van der Waals surface area contributed by atoms with Crippen molar-refractivity contribution in [1.82, 2.24) is 15.0 Å². The van der Waals surface area contributed by atoms with Crippen LogP contribution in [0.25, 0.3) is 5.82 Å². The van der Waals surface area contributed by atoms with Crippen molar-refractivity contribution in [3.05, 3.63) is 76.7 Å². The molecule has 0 saturated heterocycles. The molecular formula is C20H19ClN4O2. The molecule has 0 atom stereocenters. The number of pyridine rings is 1. The Balaban J connectivity index is 1.60. The molecule has 0 unspecified atom stereocenters. The predicted molar refractivity (Wildman–Crippen MR) is 106 cm³/mol. The summed E-state index contributed by atoms with van der Waals surface area (Å²) in [4.78, 5) is 16.2. The zero-order chi connectivity index (χ0) is 19.2. The lowest BCUT2D eigenvalue weighted by Gasteiger charge is -2.07. The summed E-state index contributed by atoms with van der Waals surface area (Å²) in [5.41, 5.74) is 5.38. The van der Waals surface area contributed by atoms with Gasteiger partial charge < -0.3 is 9.30 Å². The molecule has 0 fully saturated rings. The first kappa shape index (κ1) is 18.7. The summed E-state index contributed by atoms with van der Waals surface area (Å²) in [6, 6.07) is 14.5. The second kappa shape index (κ2) is 8.51. The maximum atomic E-state index is 11.9. The lowest BCUT2D eigenvalue weighted by atomic mass is 10.3. The SMILES string of the molecule is Cc1cc(/C=N\NC(=O)COc2ccc(Cl)cc2)c(C)n1-c1ccccn1. The van der Waals surface area contributed by atoms with Crippen molar-refractivity contribution in [3.8, 4) is 11.6 Å². The Morgan fingerprint density at radius 1 is 1.26 bits per heavy atom. The number of amides is 1. The number of carbonyl (C=O) groups is 1. The Morgan fingerprint density at radius 2 is 2.04 bits per heavy atom. The number of hydrogen-bond donors (Lipinski definition) is 1. The molecule has 1 aromatic carbocycles. The predicted octanol–water partition coefficient (Wildman–Crippen LogP) is 3.67. The third kappa shape index (κ3) is 4.74. The molecule has 1 N–H and O–H groups in total. The number of hydrazone groups is 1. The summed E-state index contributed by atoms with van der Waals surface area (Å²) >= 11 is 5.81. The van der Waals surface area contributed by atoms with Gasteiger partial charge in [-0.05, 0) is 56.3 Å². The Morgan fingerprint density at radius 3 is 2.74 bits per heavy atom. The minimum atomic E-state index is -0.347. The average molecular weight is 383 g/mol. The summed E-state index contributed by atoms with van der Waals surface area (Å²) in [6.07, 6.45) is 3.37. The first-order valence-electron chi connectivity index (χ1n) is 8.35. The minimum absolute atomic E-state index is 0.133. The molecule has 0 radical (unpaired) electrons. The van der Waals surface area contributed by atoms with Gasteiger partial charge in [0.25, 0.3) is 5.91 Å². The fraction of sp³-hybridized carbons (Fsp3) is 0.150. The Kier molecular flexibility index (Phi) is 5.88. The highest BCUT2D eigenvalue weighted by Gasteiger charge is 2.10. The molecule has 2 heterocycles. The molecule has 2 aromatic heterocycles. The number of aromatic nitrogens is 2. The van der Waals surface area contributed by atoms with Crippen LogP contribution in [0.3, 0.4) is 0 Å². The lowest BCUT2D eigenvalue weighted by Crippen LogP contribution is -2.24. The van der Waals surface area contributed by atoms with E-state index in [1.54, 1.807) is 36.7 Å². The fourth-order valence-electron chi connectivity index (χ4n) is 2.64. The quantitative estimate of drug-likeness (QED) is 0.522. The molecule has 0 saturated carbocycles. The third-order valence-corrected chi connectivity index (χ3v) is 4.18. The van der Waals surface area contributed by atoms with Crippen molar-refractivity contribution in [2.75, 3.05) is 6.61 Å². The van der Waals surface area contributed by atoms with Gasteiger partial charge in [-0.3, -0.25) is 4.79 Å². The number of hydrogen-bond acceptors (Lipinski definition) is 4. The Labute approximate surface area is 162 Å². The van der Waals surface area contributed by atoms with Crippen LogP contribution in [0.4, 0.5) is 0 Å². The summed E-state index contributed by atoms with van der Waals surface area (Å²) in [5.74, 6) is 1.06. The van der Waals surface area contributed by atoms with Gasteiger partial charge in [0.2, 0.25) is 0 Å². The number of benzene rings is 1. The molecule has 0 spiro atoms. The monoisotopic (exact) mass is 382 g/mol. The van der Waals surface area contributed by atoms with E-state index in [2.05, 4.69) is 15.5 Å². The lowest BCUT2D eigenvalue weighted by molar-refractivity contribution is -0.123. The van der Waals surface area contributed by atoms with Crippen molar-refractivity contribution >= 4 is 23.7 Å². The average Bonchev–Trinajstić information content (AvgIpc) is 2.95. The normalized spacial score (nSPS) is 10.9. The molecular weight excluding hydrogens is 364 g/mol. The van der Waals surface area contributed by atoms with E-state index in [1.807, 2.05) is 42.7 Å². The zero-order valence-corrected chi connectivity index (χ0v) is 15.8. The summed E-state index contributed by atoms with van der Waals surface area (Å²) in [5, 5.41) is 4.63. The van der Waals surface area contributed by atoms with Crippen LogP contribution in [0.15, 0.2) is 59.8 Å². The maximum absolute atomic E-state index is 11.9.